The Kier molecular flexibility index (Phi) is 11.9. The maximum atomic E-state index is 13.2. The molecule has 6 nitrogen and oxygen atoms in total. The minimum atomic E-state index is -0.170. The molecule has 218 valence electrons. The van der Waals surface area contributed by atoms with Gasteiger partial charge in [0.2, 0.25) is 0 Å². The van der Waals surface area contributed by atoms with Crippen LogP contribution in [0.3, 0.4) is 0 Å². The molecule has 4 aromatic rings. The predicted molar refractivity (Wildman–Crippen MR) is 175 cm³/mol. The van der Waals surface area contributed by atoms with Gasteiger partial charge in [-0.15, -0.1) is 24.8 Å². The highest BCUT2D eigenvalue weighted by molar-refractivity contribution is 6.32. The number of halogens is 4. The Morgan fingerprint density at radius 3 is 2.17 bits per heavy atom. The number of carbonyl (C=O) groups excluding carboxylic acids is 1. The summed E-state index contributed by atoms with van der Waals surface area (Å²) in [6.45, 7) is 9.43. The van der Waals surface area contributed by atoms with Crippen molar-refractivity contribution in [2.24, 2.45) is 0 Å². The van der Waals surface area contributed by atoms with Gasteiger partial charge in [0.15, 0.2) is 0 Å². The van der Waals surface area contributed by atoms with Crippen LogP contribution in [-0.4, -0.2) is 59.6 Å². The Morgan fingerprint density at radius 2 is 1.46 bits per heavy atom. The molecule has 0 saturated carbocycles. The third-order valence-corrected chi connectivity index (χ3v) is 8.07. The van der Waals surface area contributed by atoms with Gasteiger partial charge in [-0.25, -0.2) is 4.98 Å². The molecule has 0 atom stereocenters. The summed E-state index contributed by atoms with van der Waals surface area (Å²) < 4.78 is 1.97. The lowest BCUT2D eigenvalue weighted by atomic mass is 10.1. The van der Waals surface area contributed by atoms with E-state index in [2.05, 4.69) is 28.1 Å². The fraction of sp³-hybridized carbons (Fsp3) is 0.290. The molecule has 1 aliphatic rings. The minimum absolute atomic E-state index is 0. The molecule has 2 heterocycles. The maximum absolute atomic E-state index is 13.2. The van der Waals surface area contributed by atoms with Crippen molar-refractivity contribution in [3.8, 4) is 17.1 Å². The molecular formula is C31H35Cl4N5O. The molecule has 1 N–H and O–H groups in total. The van der Waals surface area contributed by atoms with E-state index in [0.717, 1.165) is 66.7 Å². The number of piperazine rings is 1. The van der Waals surface area contributed by atoms with E-state index >= 15 is 0 Å². The van der Waals surface area contributed by atoms with Gasteiger partial charge >= 0.3 is 0 Å². The van der Waals surface area contributed by atoms with Crippen LogP contribution in [0.25, 0.3) is 17.1 Å². The summed E-state index contributed by atoms with van der Waals surface area (Å²) in [4.78, 5) is 22.9. The molecule has 1 saturated heterocycles. The topological polar surface area (TPSA) is 53.4 Å². The molecule has 5 rings (SSSR count). The van der Waals surface area contributed by atoms with Crippen molar-refractivity contribution in [1.29, 1.82) is 0 Å². The van der Waals surface area contributed by atoms with E-state index in [1.807, 2.05) is 78.2 Å². The van der Waals surface area contributed by atoms with Crippen molar-refractivity contribution in [1.82, 2.24) is 19.8 Å². The van der Waals surface area contributed by atoms with E-state index in [-0.39, 0.29) is 30.7 Å². The number of carbonyl (C=O) groups is 1. The zero-order chi connectivity index (χ0) is 27.4. The number of hydrogen-bond donors (Lipinski definition) is 1. The van der Waals surface area contributed by atoms with Crippen LogP contribution in [-0.2, 0) is 0 Å². The second-order valence-corrected chi connectivity index (χ2v) is 10.7. The van der Waals surface area contributed by atoms with Crippen LogP contribution in [0.5, 0.6) is 0 Å². The quantitative estimate of drug-likeness (QED) is 0.208. The van der Waals surface area contributed by atoms with Crippen LogP contribution in [0.15, 0.2) is 72.8 Å². The van der Waals surface area contributed by atoms with Gasteiger partial charge < -0.3 is 10.2 Å². The van der Waals surface area contributed by atoms with Crippen molar-refractivity contribution in [2.75, 3.05) is 44.2 Å². The van der Waals surface area contributed by atoms with Gasteiger partial charge in [-0.05, 0) is 56.6 Å². The summed E-state index contributed by atoms with van der Waals surface area (Å²) in [5.74, 6) is 0.524. The number of imidazole rings is 1. The molecule has 1 aliphatic heterocycles. The molecule has 1 fully saturated rings. The average molecular weight is 635 g/mol. The lowest BCUT2D eigenvalue weighted by molar-refractivity contribution is 0.0946. The third kappa shape index (κ3) is 7.37. The van der Waals surface area contributed by atoms with Crippen LogP contribution in [0.4, 0.5) is 5.69 Å². The molecule has 0 bridgehead atoms. The maximum Gasteiger partial charge on any atom is 0.271 e. The molecule has 0 spiro atoms. The Bertz CT molecular complexity index is 1450. The van der Waals surface area contributed by atoms with Crippen molar-refractivity contribution in [3.63, 3.8) is 0 Å². The van der Waals surface area contributed by atoms with Crippen LogP contribution >= 0.6 is 48.0 Å². The van der Waals surface area contributed by atoms with Crippen molar-refractivity contribution in [3.05, 3.63) is 99.8 Å². The first-order valence-corrected chi connectivity index (χ1v) is 14.1. The highest BCUT2D eigenvalue weighted by Gasteiger charge is 2.23. The molecule has 10 heteroatoms. The molecular weight excluding hydrogens is 600 g/mol. The number of nitrogens with zero attached hydrogens (tertiary/aromatic N) is 4. The second-order valence-electron chi connectivity index (χ2n) is 9.84. The van der Waals surface area contributed by atoms with Crippen LogP contribution < -0.4 is 10.2 Å². The van der Waals surface area contributed by atoms with E-state index in [4.69, 9.17) is 28.2 Å². The van der Waals surface area contributed by atoms with Crippen LogP contribution in [0, 0.1) is 13.8 Å². The number of aromatic nitrogens is 2. The second kappa shape index (κ2) is 14.9. The minimum Gasteiger partial charge on any atom is -0.369 e. The van der Waals surface area contributed by atoms with E-state index in [9.17, 15) is 4.79 Å². The number of hydrogen-bond acceptors (Lipinski definition) is 4. The Morgan fingerprint density at radius 1 is 0.829 bits per heavy atom. The highest BCUT2D eigenvalue weighted by Crippen LogP contribution is 2.30. The summed E-state index contributed by atoms with van der Waals surface area (Å²) in [7, 11) is 0. The number of anilines is 1. The van der Waals surface area contributed by atoms with E-state index < -0.39 is 0 Å². The molecule has 3 aromatic carbocycles. The van der Waals surface area contributed by atoms with Gasteiger partial charge in [0.1, 0.15) is 11.5 Å². The summed E-state index contributed by atoms with van der Waals surface area (Å²) in [6, 6.07) is 23.6. The smallest absolute Gasteiger partial charge is 0.271 e. The van der Waals surface area contributed by atoms with Crippen molar-refractivity contribution >= 4 is 59.6 Å². The van der Waals surface area contributed by atoms with E-state index in [1.165, 1.54) is 5.69 Å². The normalized spacial score (nSPS) is 13.3. The summed E-state index contributed by atoms with van der Waals surface area (Å²) in [5.41, 5.74) is 5.25. The van der Waals surface area contributed by atoms with E-state index in [1.54, 1.807) is 0 Å². The molecule has 0 unspecified atom stereocenters. The lowest BCUT2D eigenvalue weighted by Crippen LogP contribution is -2.47. The first-order chi connectivity index (χ1) is 18.9. The summed E-state index contributed by atoms with van der Waals surface area (Å²) in [6.07, 6.45) is 0.873. The largest absolute Gasteiger partial charge is 0.369 e. The number of nitrogens with one attached hydrogen (secondary N) is 1. The first-order valence-electron chi connectivity index (χ1n) is 13.3. The number of benzene rings is 3. The van der Waals surface area contributed by atoms with Crippen molar-refractivity contribution in [2.45, 2.75) is 20.3 Å². The van der Waals surface area contributed by atoms with Crippen molar-refractivity contribution < 1.29 is 4.79 Å². The van der Waals surface area contributed by atoms with Gasteiger partial charge in [-0.1, -0.05) is 71.7 Å². The zero-order valence-electron chi connectivity index (χ0n) is 23.1. The predicted octanol–water partition coefficient (Wildman–Crippen LogP) is 7.25. The Balaban J connectivity index is 0.00000231. The highest BCUT2D eigenvalue weighted by atomic mass is 35.5. The molecule has 0 aliphatic carbocycles. The van der Waals surface area contributed by atoms with Gasteiger partial charge in [0.05, 0.1) is 16.4 Å². The molecule has 1 aromatic heterocycles. The monoisotopic (exact) mass is 633 g/mol. The number of rotatable bonds is 8. The van der Waals surface area contributed by atoms with Crippen LogP contribution in [0.2, 0.25) is 10.0 Å². The van der Waals surface area contributed by atoms with Gasteiger partial charge in [0.25, 0.3) is 5.91 Å². The Labute approximate surface area is 264 Å². The fourth-order valence-electron chi connectivity index (χ4n) is 5.16. The van der Waals surface area contributed by atoms with Gasteiger partial charge in [-0.2, -0.15) is 0 Å². The lowest BCUT2D eigenvalue weighted by Gasteiger charge is -2.37. The SMILES string of the molecule is Cc1c(Cl)cccc1N1CCN(CCCNC(=O)c2nc(-c3ccccc3)n(-c3ccccc3Cl)c2C)CC1.Cl.Cl. The molecule has 41 heavy (non-hydrogen) atoms. The van der Waals surface area contributed by atoms with Crippen LogP contribution in [0.1, 0.15) is 28.2 Å². The van der Waals surface area contributed by atoms with Gasteiger partial charge in [0, 0.05) is 49.0 Å². The molecule has 0 radical (unpaired) electrons. The Hall–Kier alpha value is -2.74. The average Bonchev–Trinajstić information content (AvgIpc) is 3.30. The number of amides is 1. The van der Waals surface area contributed by atoms with Gasteiger partial charge in [-0.3, -0.25) is 14.3 Å². The fourth-order valence-corrected chi connectivity index (χ4v) is 5.55. The third-order valence-electron chi connectivity index (χ3n) is 7.34. The standard InChI is InChI=1S/C31H33Cl2N5O.2ClH/c1-22-25(32)13-8-15-27(22)37-20-18-36(19-21-37)17-9-16-34-31(39)29-23(2)38(28-14-7-6-12-26(28)33)30(35-29)24-10-4-3-5-11-24;;/h3-8,10-15H,9,16-21H2,1-2H3,(H,34,39);2*1H. The summed E-state index contributed by atoms with van der Waals surface area (Å²) >= 11 is 12.9. The molecule has 1 amide bonds. The number of para-hydroxylation sites is 1. The zero-order valence-corrected chi connectivity index (χ0v) is 26.3. The van der Waals surface area contributed by atoms with E-state index in [0.29, 0.717) is 23.1 Å². The summed E-state index contributed by atoms with van der Waals surface area (Å²) in [5, 5.41) is 4.50. The first kappa shape index (κ1) is 32.8.